The Labute approximate surface area is 213 Å². The average molecular weight is 491 g/mol. The molecule has 3 fully saturated rings. The summed E-state index contributed by atoms with van der Waals surface area (Å²) in [7, 11) is 0. The zero-order valence-corrected chi connectivity index (χ0v) is 22.3. The van der Waals surface area contributed by atoms with Crippen molar-refractivity contribution in [3.8, 4) is 0 Å². The smallest absolute Gasteiger partial charge is 0.236 e. The molecule has 3 aliphatic rings. The summed E-state index contributed by atoms with van der Waals surface area (Å²) in [4.78, 5) is 32.1. The summed E-state index contributed by atoms with van der Waals surface area (Å²) in [5.41, 5.74) is 0. The van der Waals surface area contributed by atoms with Crippen LogP contribution < -0.4 is 5.32 Å². The SMILES string of the molecule is C=CCCC(C)CCC(=O)N1CC(O)CC1CNCC(=O)N1CCN(C2CCCCC2CC)CC1. The molecule has 3 rings (SSSR count). The molecule has 2 heterocycles. The number of carbonyl (C=O) groups excluding carboxylic acids is 2. The van der Waals surface area contributed by atoms with Crippen molar-refractivity contribution in [3.05, 3.63) is 12.7 Å². The molecule has 0 aromatic heterocycles. The highest BCUT2D eigenvalue weighted by Crippen LogP contribution is 2.31. The Bertz CT molecular complexity index is 679. The Morgan fingerprint density at radius 3 is 2.57 bits per heavy atom. The summed E-state index contributed by atoms with van der Waals surface area (Å²) >= 11 is 0. The molecule has 0 radical (unpaired) electrons. The van der Waals surface area contributed by atoms with Crippen molar-refractivity contribution in [2.24, 2.45) is 11.8 Å². The van der Waals surface area contributed by atoms with E-state index in [1.165, 1.54) is 32.1 Å². The molecule has 0 bridgehead atoms. The van der Waals surface area contributed by atoms with Gasteiger partial charge in [0.2, 0.25) is 11.8 Å². The zero-order valence-electron chi connectivity index (χ0n) is 22.3. The number of allylic oxidation sites excluding steroid dienone is 1. The maximum absolute atomic E-state index is 12.8. The van der Waals surface area contributed by atoms with Gasteiger partial charge in [-0.1, -0.05) is 39.2 Å². The molecular weight excluding hydrogens is 440 g/mol. The van der Waals surface area contributed by atoms with Crippen molar-refractivity contribution in [1.29, 1.82) is 0 Å². The fourth-order valence-corrected chi connectivity index (χ4v) is 6.36. The van der Waals surface area contributed by atoms with Crippen LogP contribution in [0.5, 0.6) is 0 Å². The number of likely N-dealkylation sites (tertiary alicyclic amines) is 1. The molecule has 7 nitrogen and oxygen atoms in total. The number of hydrogen-bond donors (Lipinski definition) is 2. The molecule has 5 atom stereocenters. The molecule has 200 valence electrons. The molecule has 0 aromatic carbocycles. The van der Waals surface area contributed by atoms with Gasteiger partial charge in [-0.2, -0.15) is 0 Å². The van der Waals surface area contributed by atoms with Gasteiger partial charge < -0.3 is 20.2 Å². The van der Waals surface area contributed by atoms with Gasteiger partial charge in [-0.3, -0.25) is 14.5 Å². The van der Waals surface area contributed by atoms with Crippen LogP contribution in [0.1, 0.15) is 78.1 Å². The molecule has 2 aliphatic heterocycles. The summed E-state index contributed by atoms with van der Waals surface area (Å²) in [6.45, 7) is 13.1. The molecule has 35 heavy (non-hydrogen) atoms. The van der Waals surface area contributed by atoms with Crippen LogP contribution in [-0.2, 0) is 9.59 Å². The Morgan fingerprint density at radius 2 is 1.86 bits per heavy atom. The second-order valence-electron chi connectivity index (χ2n) is 11.2. The van der Waals surface area contributed by atoms with Gasteiger partial charge in [0.25, 0.3) is 0 Å². The van der Waals surface area contributed by atoms with Gasteiger partial charge in [-0.15, -0.1) is 6.58 Å². The van der Waals surface area contributed by atoms with E-state index >= 15 is 0 Å². The number of aliphatic hydroxyl groups excluding tert-OH is 1. The number of β-amino-alcohol motifs (C(OH)–C–C–N with tert-alkyl or cyclic N) is 1. The molecule has 2 amide bonds. The van der Waals surface area contributed by atoms with Crippen molar-refractivity contribution in [1.82, 2.24) is 20.0 Å². The van der Waals surface area contributed by atoms with Crippen LogP contribution >= 0.6 is 0 Å². The minimum Gasteiger partial charge on any atom is -0.391 e. The van der Waals surface area contributed by atoms with E-state index < -0.39 is 6.10 Å². The number of rotatable bonds is 12. The molecule has 0 spiro atoms. The van der Waals surface area contributed by atoms with Crippen LogP contribution in [0.15, 0.2) is 12.7 Å². The van der Waals surface area contributed by atoms with Crippen LogP contribution in [0.2, 0.25) is 0 Å². The third-order valence-corrected chi connectivity index (χ3v) is 8.61. The summed E-state index contributed by atoms with van der Waals surface area (Å²) in [5, 5.41) is 13.5. The average Bonchev–Trinajstić information content (AvgIpc) is 3.26. The lowest BCUT2D eigenvalue weighted by Crippen LogP contribution is -2.55. The molecule has 1 aliphatic carbocycles. The summed E-state index contributed by atoms with van der Waals surface area (Å²) in [5.74, 6) is 1.57. The predicted molar refractivity (Wildman–Crippen MR) is 141 cm³/mol. The Balaban J connectivity index is 1.37. The van der Waals surface area contributed by atoms with Crippen LogP contribution in [0.25, 0.3) is 0 Å². The first-order valence-corrected chi connectivity index (χ1v) is 14.2. The number of carbonyl (C=O) groups is 2. The highest BCUT2D eigenvalue weighted by atomic mass is 16.3. The van der Waals surface area contributed by atoms with E-state index in [-0.39, 0.29) is 17.9 Å². The van der Waals surface area contributed by atoms with Crippen molar-refractivity contribution in [2.75, 3.05) is 45.8 Å². The fourth-order valence-electron chi connectivity index (χ4n) is 6.36. The molecule has 5 unspecified atom stereocenters. The number of piperazine rings is 1. The van der Waals surface area contributed by atoms with Gasteiger partial charge in [0.05, 0.1) is 12.6 Å². The lowest BCUT2D eigenvalue weighted by molar-refractivity contribution is -0.132. The minimum absolute atomic E-state index is 0.0390. The van der Waals surface area contributed by atoms with E-state index in [0.29, 0.717) is 44.4 Å². The van der Waals surface area contributed by atoms with E-state index in [1.807, 2.05) is 15.9 Å². The number of amides is 2. The number of nitrogens with one attached hydrogen (secondary N) is 1. The summed E-state index contributed by atoms with van der Waals surface area (Å²) in [6, 6.07) is 0.661. The van der Waals surface area contributed by atoms with Crippen LogP contribution in [0.3, 0.4) is 0 Å². The van der Waals surface area contributed by atoms with Crippen molar-refractivity contribution >= 4 is 11.8 Å². The lowest BCUT2D eigenvalue weighted by atomic mass is 9.81. The molecule has 7 heteroatoms. The molecule has 2 saturated heterocycles. The zero-order chi connectivity index (χ0) is 25.2. The van der Waals surface area contributed by atoms with Gasteiger partial charge in [-0.25, -0.2) is 0 Å². The lowest BCUT2D eigenvalue weighted by Gasteiger charge is -2.44. The predicted octanol–water partition coefficient (Wildman–Crippen LogP) is 3.03. The van der Waals surface area contributed by atoms with Gasteiger partial charge >= 0.3 is 0 Å². The second kappa shape index (κ2) is 14.3. The van der Waals surface area contributed by atoms with Gasteiger partial charge in [0.1, 0.15) is 0 Å². The van der Waals surface area contributed by atoms with Crippen molar-refractivity contribution in [2.45, 2.75) is 96.2 Å². The third kappa shape index (κ3) is 8.29. The van der Waals surface area contributed by atoms with E-state index in [0.717, 1.165) is 51.4 Å². The Hall–Kier alpha value is -1.44. The van der Waals surface area contributed by atoms with Crippen molar-refractivity contribution in [3.63, 3.8) is 0 Å². The molecule has 0 aromatic rings. The number of hydrogen-bond acceptors (Lipinski definition) is 5. The van der Waals surface area contributed by atoms with Crippen molar-refractivity contribution < 1.29 is 14.7 Å². The number of aliphatic hydroxyl groups is 1. The topological polar surface area (TPSA) is 76.1 Å². The third-order valence-electron chi connectivity index (χ3n) is 8.61. The highest BCUT2D eigenvalue weighted by Gasteiger charge is 2.35. The van der Waals surface area contributed by atoms with E-state index in [4.69, 9.17) is 0 Å². The maximum atomic E-state index is 12.8. The minimum atomic E-state index is -0.473. The van der Waals surface area contributed by atoms with Gasteiger partial charge in [-0.05, 0) is 50.4 Å². The first-order valence-electron chi connectivity index (χ1n) is 14.2. The summed E-state index contributed by atoms with van der Waals surface area (Å²) < 4.78 is 0. The van der Waals surface area contributed by atoms with Gasteiger partial charge in [0, 0.05) is 57.8 Å². The monoisotopic (exact) mass is 490 g/mol. The van der Waals surface area contributed by atoms with E-state index in [1.54, 1.807) is 0 Å². The highest BCUT2D eigenvalue weighted by molar-refractivity contribution is 5.78. The Kier molecular flexibility index (Phi) is 11.5. The van der Waals surface area contributed by atoms with Crippen LogP contribution in [-0.4, -0.2) is 95.6 Å². The molecule has 1 saturated carbocycles. The van der Waals surface area contributed by atoms with Crippen LogP contribution in [0, 0.1) is 11.8 Å². The first kappa shape index (κ1) is 28.1. The van der Waals surface area contributed by atoms with Crippen LogP contribution in [0.4, 0.5) is 0 Å². The quantitative estimate of drug-likeness (QED) is 0.411. The number of nitrogens with zero attached hydrogens (tertiary/aromatic N) is 3. The molecule has 2 N–H and O–H groups in total. The standard InChI is InChI=1S/C28H50N4O3/c1-4-6-9-22(3)12-13-27(34)32-21-25(33)18-24(32)19-29-20-28(35)31-16-14-30(15-17-31)26-11-8-7-10-23(26)5-2/h4,22-26,29,33H,1,5-21H2,2-3H3. The normalized spacial score (nSPS) is 28.8. The van der Waals surface area contributed by atoms with E-state index in [9.17, 15) is 14.7 Å². The largest absolute Gasteiger partial charge is 0.391 e. The van der Waals surface area contributed by atoms with Gasteiger partial charge in [0.15, 0.2) is 0 Å². The fraction of sp³-hybridized carbons (Fsp3) is 0.857. The second-order valence-corrected chi connectivity index (χ2v) is 11.2. The molecular formula is C28H50N4O3. The first-order chi connectivity index (χ1) is 16.9. The Morgan fingerprint density at radius 1 is 1.11 bits per heavy atom. The summed E-state index contributed by atoms with van der Waals surface area (Å²) in [6.07, 6.45) is 12.1. The maximum Gasteiger partial charge on any atom is 0.236 e. The van der Waals surface area contributed by atoms with E-state index in [2.05, 4.69) is 30.6 Å².